The number of para-hydroxylation sites is 2. The van der Waals surface area contributed by atoms with Crippen LogP contribution in [0, 0.1) is 11.8 Å². The molecule has 0 bridgehead atoms. The van der Waals surface area contributed by atoms with E-state index in [-0.39, 0.29) is 5.91 Å². The smallest absolute Gasteiger partial charge is 0.233 e. The fourth-order valence-electron chi connectivity index (χ4n) is 4.69. The first-order valence-corrected chi connectivity index (χ1v) is 12.1. The quantitative estimate of drug-likeness (QED) is 0.439. The van der Waals surface area contributed by atoms with Crippen molar-refractivity contribution in [2.45, 2.75) is 25.4 Å². The summed E-state index contributed by atoms with van der Waals surface area (Å²) in [5.74, 6) is 2.40. The van der Waals surface area contributed by atoms with Crippen LogP contribution in [-0.4, -0.2) is 49.4 Å². The van der Waals surface area contributed by atoms with Crippen LogP contribution < -0.4 is 0 Å². The van der Waals surface area contributed by atoms with Gasteiger partial charge in [0.05, 0.1) is 5.75 Å². The number of nitrogens with zero attached hydrogens (tertiary/aromatic N) is 4. The third-order valence-electron chi connectivity index (χ3n) is 6.02. The molecule has 2 aromatic carbocycles. The third-order valence-corrected chi connectivity index (χ3v) is 6.94. The standard InChI is InChI=1S/C25H27N5OS/c1-17-12-18(2)15-29(14-17)23(31)16-32-25-28-27-24(30(25)19-8-4-3-5-9-19)21-13-26-22-11-7-6-10-20(21)22/h3-11,13,17-18,26H,12,14-16H2,1-2H3. The SMILES string of the molecule is CC1CC(C)CN(C(=O)CSc2nnc(-c3c[nH]c4ccccc34)n2-c2ccccc2)C1. The van der Waals surface area contributed by atoms with Crippen molar-refractivity contribution in [2.24, 2.45) is 11.8 Å². The number of carbonyl (C=O) groups excluding carboxylic acids is 1. The first kappa shape index (κ1) is 20.8. The molecule has 0 saturated carbocycles. The largest absolute Gasteiger partial charge is 0.360 e. The lowest BCUT2D eigenvalue weighted by Crippen LogP contribution is -2.43. The average molecular weight is 446 g/mol. The summed E-state index contributed by atoms with van der Waals surface area (Å²) >= 11 is 1.46. The number of piperidine rings is 1. The Morgan fingerprint density at radius 3 is 2.53 bits per heavy atom. The summed E-state index contributed by atoms with van der Waals surface area (Å²) in [4.78, 5) is 18.3. The van der Waals surface area contributed by atoms with Crippen LogP contribution in [0.25, 0.3) is 28.0 Å². The Hall–Kier alpha value is -3.06. The minimum atomic E-state index is 0.171. The number of hydrogen-bond acceptors (Lipinski definition) is 4. The van der Waals surface area contributed by atoms with E-state index in [0.29, 0.717) is 17.6 Å². The molecule has 3 heterocycles. The number of carbonyl (C=O) groups is 1. The predicted molar refractivity (Wildman–Crippen MR) is 129 cm³/mol. The predicted octanol–water partition coefficient (Wildman–Crippen LogP) is 5.01. The fraction of sp³-hybridized carbons (Fsp3) is 0.320. The molecule has 2 unspecified atom stereocenters. The van der Waals surface area contributed by atoms with E-state index in [4.69, 9.17) is 0 Å². The number of hydrogen-bond donors (Lipinski definition) is 1. The second kappa shape index (κ2) is 8.82. The number of H-pyrrole nitrogens is 1. The summed E-state index contributed by atoms with van der Waals surface area (Å²) in [6, 6.07) is 18.3. The van der Waals surface area contributed by atoms with Crippen LogP contribution >= 0.6 is 11.8 Å². The number of aromatic nitrogens is 4. The fourth-order valence-corrected chi connectivity index (χ4v) is 5.54. The number of amides is 1. The zero-order valence-corrected chi connectivity index (χ0v) is 19.2. The minimum absolute atomic E-state index is 0.171. The first-order valence-electron chi connectivity index (χ1n) is 11.1. The van der Waals surface area contributed by atoms with E-state index in [1.807, 2.05) is 53.6 Å². The molecule has 5 rings (SSSR count). The minimum Gasteiger partial charge on any atom is -0.360 e. The molecule has 7 heteroatoms. The Morgan fingerprint density at radius 2 is 1.75 bits per heavy atom. The van der Waals surface area contributed by atoms with Crippen molar-refractivity contribution in [2.75, 3.05) is 18.8 Å². The highest BCUT2D eigenvalue weighted by atomic mass is 32.2. The van der Waals surface area contributed by atoms with Gasteiger partial charge in [-0.25, -0.2) is 0 Å². The summed E-state index contributed by atoms with van der Waals surface area (Å²) in [6.07, 6.45) is 3.16. The number of aromatic amines is 1. The van der Waals surface area contributed by atoms with Gasteiger partial charge in [-0.15, -0.1) is 10.2 Å². The molecule has 1 fully saturated rings. The third kappa shape index (κ3) is 4.05. The Bertz CT molecular complexity index is 1220. The molecule has 0 aliphatic carbocycles. The molecule has 164 valence electrons. The van der Waals surface area contributed by atoms with E-state index in [9.17, 15) is 4.79 Å². The van der Waals surface area contributed by atoms with E-state index in [1.165, 1.54) is 18.2 Å². The summed E-state index contributed by atoms with van der Waals surface area (Å²) in [7, 11) is 0. The molecule has 2 aromatic heterocycles. The molecule has 2 atom stereocenters. The summed E-state index contributed by atoms with van der Waals surface area (Å²) in [5, 5.41) is 10.9. The van der Waals surface area contributed by atoms with Crippen LogP contribution in [0.5, 0.6) is 0 Å². The van der Waals surface area contributed by atoms with Crippen LogP contribution in [0.4, 0.5) is 0 Å². The van der Waals surface area contributed by atoms with E-state index in [0.717, 1.165) is 46.2 Å². The zero-order chi connectivity index (χ0) is 22.1. The van der Waals surface area contributed by atoms with Gasteiger partial charge in [-0.3, -0.25) is 9.36 Å². The van der Waals surface area contributed by atoms with Crippen LogP contribution in [-0.2, 0) is 4.79 Å². The second-order valence-corrected chi connectivity index (χ2v) is 9.70. The molecular formula is C25H27N5OS. The van der Waals surface area contributed by atoms with Gasteiger partial charge in [0.2, 0.25) is 5.91 Å². The van der Waals surface area contributed by atoms with Crippen LogP contribution in [0.15, 0.2) is 66.0 Å². The molecule has 32 heavy (non-hydrogen) atoms. The van der Waals surface area contributed by atoms with Crippen molar-refractivity contribution >= 4 is 28.6 Å². The highest BCUT2D eigenvalue weighted by Crippen LogP contribution is 2.32. The lowest BCUT2D eigenvalue weighted by atomic mass is 9.92. The van der Waals surface area contributed by atoms with E-state index in [1.54, 1.807) is 0 Å². The van der Waals surface area contributed by atoms with Gasteiger partial charge in [0.25, 0.3) is 0 Å². The van der Waals surface area contributed by atoms with E-state index in [2.05, 4.69) is 45.7 Å². The molecule has 1 amide bonds. The molecule has 1 aliphatic rings. The van der Waals surface area contributed by atoms with Gasteiger partial charge in [-0.05, 0) is 36.5 Å². The van der Waals surface area contributed by atoms with Gasteiger partial charge in [-0.1, -0.05) is 62.0 Å². The van der Waals surface area contributed by atoms with Crippen LogP contribution in [0.2, 0.25) is 0 Å². The topological polar surface area (TPSA) is 66.8 Å². The number of fused-ring (bicyclic) bond motifs is 1. The zero-order valence-electron chi connectivity index (χ0n) is 18.4. The van der Waals surface area contributed by atoms with Gasteiger partial charge in [0.1, 0.15) is 0 Å². The molecule has 0 spiro atoms. The number of benzene rings is 2. The van der Waals surface area contributed by atoms with Crippen molar-refractivity contribution in [1.82, 2.24) is 24.6 Å². The maximum absolute atomic E-state index is 13.0. The van der Waals surface area contributed by atoms with Crippen LogP contribution in [0.1, 0.15) is 20.3 Å². The van der Waals surface area contributed by atoms with Gasteiger partial charge >= 0.3 is 0 Å². The molecule has 6 nitrogen and oxygen atoms in total. The molecule has 1 N–H and O–H groups in total. The lowest BCUT2D eigenvalue weighted by molar-refractivity contribution is -0.130. The Morgan fingerprint density at radius 1 is 1.03 bits per heavy atom. The maximum atomic E-state index is 13.0. The number of likely N-dealkylation sites (tertiary alicyclic amines) is 1. The highest BCUT2D eigenvalue weighted by molar-refractivity contribution is 7.99. The van der Waals surface area contributed by atoms with Crippen molar-refractivity contribution in [1.29, 1.82) is 0 Å². The van der Waals surface area contributed by atoms with Crippen LogP contribution in [0.3, 0.4) is 0 Å². The van der Waals surface area contributed by atoms with Crippen molar-refractivity contribution in [3.8, 4) is 17.1 Å². The molecule has 4 aromatic rings. The molecule has 1 saturated heterocycles. The Balaban J connectivity index is 1.46. The number of rotatable bonds is 5. The van der Waals surface area contributed by atoms with Crippen molar-refractivity contribution in [3.63, 3.8) is 0 Å². The van der Waals surface area contributed by atoms with E-state index < -0.39 is 0 Å². The monoisotopic (exact) mass is 445 g/mol. The van der Waals surface area contributed by atoms with Crippen molar-refractivity contribution < 1.29 is 4.79 Å². The Kier molecular flexibility index (Phi) is 5.74. The molecule has 0 radical (unpaired) electrons. The van der Waals surface area contributed by atoms with Crippen molar-refractivity contribution in [3.05, 3.63) is 60.8 Å². The van der Waals surface area contributed by atoms with E-state index >= 15 is 0 Å². The van der Waals surface area contributed by atoms with Gasteiger partial charge in [-0.2, -0.15) is 0 Å². The number of thioether (sulfide) groups is 1. The maximum Gasteiger partial charge on any atom is 0.233 e. The average Bonchev–Trinajstić information content (AvgIpc) is 3.41. The summed E-state index contributed by atoms with van der Waals surface area (Å²) < 4.78 is 2.05. The molecular weight excluding hydrogens is 418 g/mol. The summed E-state index contributed by atoms with van der Waals surface area (Å²) in [5.41, 5.74) is 3.03. The lowest BCUT2D eigenvalue weighted by Gasteiger charge is -2.34. The van der Waals surface area contributed by atoms with Gasteiger partial charge in [0.15, 0.2) is 11.0 Å². The highest BCUT2D eigenvalue weighted by Gasteiger charge is 2.26. The van der Waals surface area contributed by atoms with Gasteiger partial charge < -0.3 is 9.88 Å². The second-order valence-electron chi connectivity index (χ2n) is 8.76. The summed E-state index contributed by atoms with van der Waals surface area (Å²) in [6.45, 7) is 6.14. The van der Waals surface area contributed by atoms with Gasteiger partial charge in [0, 0.05) is 41.4 Å². The first-order chi connectivity index (χ1) is 15.6. The Labute approximate surface area is 192 Å². The molecule has 1 aliphatic heterocycles. The normalized spacial score (nSPS) is 18.9. The number of nitrogens with one attached hydrogen (secondary N) is 1.